The molecule has 0 atom stereocenters. The first-order valence-corrected chi connectivity index (χ1v) is 4.96. The summed E-state index contributed by atoms with van der Waals surface area (Å²) in [4.78, 5) is 0. The third-order valence-electron chi connectivity index (χ3n) is 1.43. The van der Waals surface area contributed by atoms with Crippen LogP contribution in [0, 0.1) is 6.92 Å². The van der Waals surface area contributed by atoms with E-state index in [1.165, 1.54) is 0 Å². The Morgan fingerprint density at radius 2 is 1.64 bits per heavy atom. The summed E-state index contributed by atoms with van der Waals surface area (Å²) >= 11 is 14.4. The van der Waals surface area contributed by atoms with Gasteiger partial charge in [0.2, 0.25) is 0 Å². The number of alkyl halides is 3. The molecule has 0 saturated carbocycles. The summed E-state index contributed by atoms with van der Waals surface area (Å²) in [7, 11) is 0. The lowest BCUT2D eigenvalue weighted by Gasteiger charge is -1.97. The summed E-state index contributed by atoms with van der Waals surface area (Å²) < 4.78 is -0.750. The molecule has 1 aromatic rings. The molecule has 0 unspecified atom stereocenters. The van der Waals surface area contributed by atoms with E-state index in [1.54, 1.807) is 0 Å². The molecule has 82 valence electrons. The molecule has 0 bridgehead atoms. The molecule has 14 heavy (non-hydrogen) atoms. The van der Waals surface area contributed by atoms with Gasteiger partial charge in [0, 0.05) is 0 Å². The minimum Gasteiger partial charge on any atom is -0.412 e. The Balaban J connectivity index is 0. The molecule has 0 aliphatic heterocycles. The predicted octanol–water partition coefficient (Wildman–Crippen LogP) is 2.65. The first-order chi connectivity index (χ1) is 6.07. The van der Waals surface area contributed by atoms with Crippen LogP contribution in [0.5, 0.6) is 0 Å². The zero-order valence-corrected chi connectivity index (χ0v) is 9.94. The van der Waals surface area contributed by atoms with Crippen molar-refractivity contribution >= 4 is 34.8 Å². The van der Waals surface area contributed by atoms with Gasteiger partial charge in [-0.05, 0) is 18.1 Å². The first-order valence-electron chi connectivity index (χ1n) is 3.65. The maximum Gasteiger partial charge on any atom is 0.180 e. The van der Waals surface area contributed by atoms with Crippen LogP contribution in [0.1, 0.15) is 11.1 Å². The number of aryl methyl sites for hydroxylation is 1. The average Bonchev–Trinajstić information content (AvgIpc) is 2.04. The molecule has 1 aromatic carbocycles. The average molecular weight is 260 g/mol. The van der Waals surface area contributed by atoms with E-state index >= 15 is 0 Å². The van der Waals surface area contributed by atoms with Crippen molar-refractivity contribution in [1.82, 2.24) is 0 Å². The van der Waals surface area contributed by atoms with Crippen molar-refractivity contribution in [3.05, 3.63) is 35.4 Å². The molecule has 3 N–H and O–H groups in total. The lowest BCUT2D eigenvalue weighted by Crippen LogP contribution is -1.85. The smallest absolute Gasteiger partial charge is 0.180 e. The third kappa shape index (κ3) is 8.60. The molecule has 0 saturated heterocycles. The zero-order valence-electron chi connectivity index (χ0n) is 7.67. The van der Waals surface area contributed by atoms with Crippen LogP contribution < -0.4 is 0 Å². The number of hydrogen-bond acceptors (Lipinski definition) is 1. The highest BCUT2D eigenvalue weighted by Crippen LogP contribution is 2.05. The summed E-state index contributed by atoms with van der Waals surface area (Å²) in [5.74, 6) is 0. The Kier molecular flexibility index (Phi) is 11.2. The van der Waals surface area contributed by atoms with E-state index in [9.17, 15) is 0 Å². The molecular formula is C9H13Cl3O2. The topological polar surface area (TPSA) is 51.7 Å². The molecule has 1 rings (SSSR count). The normalized spacial score (nSPS) is 8.71. The summed E-state index contributed by atoms with van der Waals surface area (Å²) in [6.07, 6.45) is 0. The molecule has 0 radical (unpaired) electrons. The number of rotatable bonds is 1. The van der Waals surface area contributed by atoms with Gasteiger partial charge in [-0.15, -0.1) is 0 Å². The van der Waals surface area contributed by atoms with Gasteiger partial charge in [0.1, 0.15) is 0 Å². The summed E-state index contributed by atoms with van der Waals surface area (Å²) in [6, 6.07) is 7.81. The number of hydrogen-bond donors (Lipinski definition) is 1. The minimum atomic E-state index is -0.750. The van der Waals surface area contributed by atoms with Crippen LogP contribution in [-0.2, 0) is 6.61 Å². The van der Waals surface area contributed by atoms with Gasteiger partial charge < -0.3 is 10.6 Å². The molecule has 5 heteroatoms. The van der Waals surface area contributed by atoms with Gasteiger partial charge >= 0.3 is 0 Å². The van der Waals surface area contributed by atoms with E-state index in [4.69, 9.17) is 39.9 Å². The molecule has 0 aliphatic rings. The molecule has 0 fully saturated rings. The van der Waals surface area contributed by atoms with Gasteiger partial charge in [-0.3, -0.25) is 0 Å². The summed E-state index contributed by atoms with van der Waals surface area (Å²) in [6.45, 7) is 2.14. The highest BCUT2D eigenvalue weighted by Gasteiger charge is 1.90. The molecule has 0 spiro atoms. The van der Waals surface area contributed by atoms with Gasteiger partial charge in [-0.1, -0.05) is 59.1 Å². The molecule has 2 nitrogen and oxygen atoms in total. The van der Waals surface area contributed by atoms with Crippen molar-refractivity contribution in [1.29, 1.82) is 0 Å². The summed E-state index contributed by atoms with van der Waals surface area (Å²) in [5, 5.41) is 8.72. The van der Waals surface area contributed by atoms with Crippen LogP contribution in [0.3, 0.4) is 0 Å². The van der Waals surface area contributed by atoms with Crippen LogP contribution in [0.4, 0.5) is 0 Å². The number of aliphatic hydroxyl groups excluding tert-OH is 1. The van der Waals surface area contributed by atoms with Crippen molar-refractivity contribution in [3.8, 4) is 0 Å². The minimum absolute atomic E-state index is 0. The van der Waals surface area contributed by atoms with Crippen LogP contribution in [0.25, 0.3) is 0 Å². The Morgan fingerprint density at radius 1 is 1.21 bits per heavy atom. The van der Waals surface area contributed by atoms with Crippen molar-refractivity contribution in [2.45, 2.75) is 17.8 Å². The largest absolute Gasteiger partial charge is 0.412 e. The number of aliphatic hydroxyl groups is 1. The van der Waals surface area contributed by atoms with Crippen LogP contribution >= 0.6 is 34.8 Å². The van der Waals surface area contributed by atoms with Gasteiger partial charge in [0.25, 0.3) is 0 Å². The van der Waals surface area contributed by atoms with Crippen LogP contribution in [0.2, 0.25) is 0 Å². The highest BCUT2D eigenvalue weighted by atomic mass is 35.6. The maximum atomic E-state index is 8.72. The quantitative estimate of drug-likeness (QED) is 0.775. The van der Waals surface area contributed by atoms with Crippen molar-refractivity contribution in [2.24, 2.45) is 0 Å². The van der Waals surface area contributed by atoms with Crippen LogP contribution in [-0.4, -0.2) is 14.9 Å². The van der Waals surface area contributed by atoms with E-state index in [0.717, 1.165) is 11.1 Å². The molecular weight excluding hydrogens is 246 g/mol. The Bertz CT molecular complexity index is 238. The van der Waals surface area contributed by atoms with Crippen molar-refractivity contribution in [3.63, 3.8) is 0 Å². The van der Waals surface area contributed by atoms with Gasteiger partial charge in [0.15, 0.2) is 4.30 Å². The standard InChI is InChI=1S/C8H10O.CHCl3.H2O/c1-7-4-2-3-5-8(7)6-9;2-1(3)4;/h2-5,9H,6H2,1H3;1H;1H2. The van der Waals surface area contributed by atoms with E-state index in [0.29, 0.717) is 0 Å². The second-order valence-electron chi connectivity index (χ2n) is 2.33. The van der Waals surface area contributed by atoms with Gasteiger partial charge in [-0.2, -0.15) is 0 Å². The predicted molar refractivity (Wildman–Crippen MR) is 62.1 cm³/mol. The first kappa shape index (κ1) is 16.4. The molecule has 0 amide bonds. The fraction of sp³-hybridized carbons (Fsp3) is 0.333. The van der Waals surface area contributed by atoms with Crippen LogP contribution in [0.15, 0.2) is 24.3 Å². The van der Waals surface area contributed by atoms with E-state index < -0.39 is 4.30 Å². The van der Waals surface area contributed by atoms with Crippen molar-refractivity contribution in [2.75, 3.05) is 0 Å². The monoisotopic (exact) mass is 258 g/mol. The second-order valence-corrected chi connectivity index (χ2v) is 4.31. The molecule has 0 aromatic heterocycles. The molecule has 0 heterocycles. The summed E-state index contributed by atoms with van der Waals surface area (Å²) in [5.41, 5.74) is 2.16. The highest BCUT2D eigenvalue weighted by molar-refractivity contribution is 6.63. The van der Waals surface area contributed by atoms with E-state index in [1.807, 2.05) is 31.2 Å². The van der Waals surface area contributed by atoms with Crippen molar-refractivity contribution < 1.29 is 10.6 Å². The lowest BCUT2D eigenvalue weighted by molar-refractivity contribution is 0.281. The molecule has 0 aliphatic carbocycles. The maximum absolute atomic E-state index is 8.72. The number of halogens is 3. The Morgan fingerprint density at radius 3 is 1.93 bits per heavy atom. The van der Waals surface area contributed by atoms with E-state index in [2.05, 4.69) is 0 Å². The number of benzene rings is 1. The van der Waals surface area contributed by atoms with Gasteiger partial charge in [0.05, 0.1) is 6.61 Å². The van der Waals surface area contributed by atoms with E-state index in [-0.39, 0.29) is 12.1 Å². The fourth-order valence-corrected chi connectivity index (χ4v) is 0.787. The second kappa shape index (κ2) is 9.56. The fourth-order valence-electron chi connectivity index (χ4n) is 0.787. The lowest BCUT2D eigenvalue weighted by atomic mass is 10.1. The van der Waals surface area contributed by atoms with Gasteiger partial charge in [-0.25, -0.2) is 0 Å². The zero-order chi connectivity index (χ0) is 10.3. The third-order valence-corrected chi connectivity index (χ3v) is 1.43. The Labute approximate surface area is 98.7 Å². The Hall–Kier alpha value is 0.01000. The SMILES string of the molecule is Cc1ccccc1CO.ClC(Cl)Cl.O.